The second-order valence-electron chi connectivity index (χ2n) is 4.82. The fraction of sp³-hybridized carbons (Fsp3) is 0.176. The molecule has 2 aromatic rings. The van der Waals surface area contributed by atoms with Crippen molar-refractivity contribution < 1.29 is 14.4 Å². The van der Waals surface area contributed by atoms with E-state index in [0.717, 1.165) is 5.32 Å². The molecule has 0 bridgehead atoms. The fourth-order valence-electron chi connectivity index (χ4n) is 1.85. The maximum absolute atomic E-state index is 12.9. The summed E-state index contributed by atoms with van der Waals surface area (Å²) in [5.74, 6) is -0.744. The van der Waals surface area contributed by atoms with Crippen molar-refractivity contribution in [1.82, 2.24) is 5.32 Å². The molecule has 24 heavy (non-hydrogen) atoms. The first kappa shape index (κ1) is 18.5. The number of carbonyl (C=O) groups is 1. The van der Waals surface area contributed by atoms with Crippen molar-refractivity contribution in [3.8, 4) is 0 Å². The Bertz CT molecular complexity index is 681. The third kappa shape index (κ3) is 6.35. The molecule has 7 heteroatoms. The number of hydrogen-bond acceptors (Lipinski definition) is 4. The molecule has 2 aromatic carbocycles. The first-order chi connectivity index (χ1) is 11.7. The van der Waals surface area contributed by atoms with E-state index in [4.69, 9.17) is 5.21 Å². The summed E-state index contributed by atoms with van der Waals surface area (Å²) in [5, 5.41) is 15.7. The van der Waals surface area contributed by atoms with E-state index >= 15 is 0 Å². The van der Waals surface area contributed by atoms with Gasteiger partial charge in [-0.25, -0.2) is 0 Å². The van der Waals surface area contributed by atoms with E-state index < -0.39 is 5.91 Å². The van der Waals surface area contributed by atoms with Crippen LogP contribution in [-0.4, -0.2) is 37.2 Å². The van der Waals surface area contributed by atoms with Crippen LogP contribution in [-0.2, 0) is 11.2 Å². The summed E-state index contributed by atoms with van der Waals surface area (Å²) in [6, 6.07) is 15.8. The Morgan fingerprint density at radius 2 is 1.88 bits per heavy atom. The number of amides is 1. The van der Waals surface area contributed by atoms with Gasteiger partial charge in [0, 0.05) is 0 Å². The molecule has 0 heterocycles. The van der Waals surface area contributed by atoms with Crippen molar-refractivity contribution in [3.05, 3.63) is 66.0 Å². The number of nitrogens with zero attached hydrogens (tertiary/aromatic N) is 1. The Kier molecular flexibility index (Phi) is 7.82. The van der Waals surface area contributed by atoms with E-state index in [9.17, 15) is 9.18 Å². The van der Waals surface area contributed by atoms with Crippen LogP contribution in [0.2, 0.25) is 5.32 Å². The third-order valence-electron chi connectivity index (χ3n) is 3.04. The van der Waals surface area contributed by atoms with Gasteiger partial charge in [0.2, 0.25) is 0 Å². The van der Waals surface area contributed by atoms with Crippen molar-refractivity contribution in [2.45, 2.75) is 16.6 Å². The normalized spacial score (nSPS) is 11.3. The zero-order chi connectivity index (χ0) is 17.2. The third-order valence-corrected chi connectivity index (χ3v) is 7.22. The molecular formula is C17H17FN2O2SSe. The molecule has 0 aliphatic rings. The van der Waals surface area contributed by atoms with E-state index in [1.807, 2.05) is 18.2 Å². The molecule has 4 nitrogen and oxygen atoms in total. The maximum atomic E-state index is 12.9. The number of nitrogens with one attached hydrogen (secondary N) is 1. The number of carbonyl (C=O) groups excluding carboxylic acids is 1. The quantitative estimate of drug-likeness (QED) is 0.231. The summed E-state index contributed by atoms with van der Waals surface area (Å²) in [4.78, 5) is 13.2. The van der Waals surface area contributed by atoms with Crippen LogP contribution in [0.3, 0.4) is 0 Å². The minimum atomic E-state index is -0.401. The monoisotopic (exact) mass is 412 g/mol. The Labute approximate surface area is 149 Å². The van der Waals surface area contributed by atoms with Crippen LogP contribution in [0.4, 0.5) is 4.39 Å². The molecule has 0 unspecified atom stereocenters. The van der Waals surface area contributed by atoms with E-state index in [-0.39, 0.29) is 17.9 Å². The summed E-state index contributed by atoms with van der Waals surface area (Å²) in [6.07, 6.45) is 0.159. The Balaban J connectivity index is 1.71. The van der Waals surface area contributed by atoms with Gasteiger partial charge in [-0.1, -0.05) is 0 Å². The molecule has 0 fully saturated rings. The molecule has 0 radical (unpaired) electrons. The number of halogens is 1. The van der Waals surface area contributed by atoms with Gasteiger partial charge in [-0.3, -0.25) is 0 Å². The summed E-state index contributed by atoms with van der Waals surface area (Å²) >= 11 is 0.322. The van der Waals surface area contributed by atoms with Crippen molar-refractivity contribution in [3.63, 3.8) is 0 Å². The van der Waals surface area contributed by atoms with Crippen molar-refractivity contribution in [2.75, 3.05) is 6.54 Å². The van der Waals surface area contributed by atoms with Gasteiger partial charge in [0.25, 0.3) is 0 Å². The number of rotatable bonds is 8. The van der Waals surface area contributed by atoms with E-state index in [1.54, 1.807) is 22.3 Å². The molecule has 0 saturated heterocycles. The molecular weight excluding hydrogens is 394 g/mol. The zero-order valence-electron chi connectivity index (χ0n) is 12.8. The predicted molar refractivity (Wildman–Crippen MR) is 95.2 cm³/mol. The average molecular weight is 411 g/mol. The summed E-state index contributed by atoms with van der Waals surface area (Å²) in [7, 11) is 1.79. The standard InChI is InChI=1S/C17H17FN2O2SSe/c18-14-8-6-13(7-9-14)12-16(20-22)17(21)19-10-11-24-23-15-4-2-1-3-5-15/h1-9,22H,10-12H2,(H,19,21)/b20-16+. The first-order valence-corrected chi connectivity index (χ1v) is 11.3. The minimum absolute atomic E-state index is 0.0184. The van der Waals surface area contributed by atoms with Crippen molar-refractivity contribution in [1.29, 1.82) is 0 Å². The Morgan fingerprint density at radius 1 is 1.17 bits per heavy atom. The Morgan fingerprint density at radius 3 is 2.54 bits per heavy atom. The molecule has 1 amide bonds. The summed E-state index contributed by atoms with van der Waals surface area (Å²) in [5.41, 5.74) is 0.730. The molecule has 0 atom stereocenters. The molecule has 0 aliphatic carbocycles. The second-order valence-corrected chi connectivity index (χ2v) is 9.09. The van der Waals surface area contributed by atoms with E-state index in [1.165, 1.54) is 17.0 Å². The summed E-state index contributed by atoms with van der Waals surface area (Å²) in [6.45, 7) is 0.529. The molecule has 126 valence electrons. The summed E-state index contributed by atoms with van der Waals surface area (Å²) < 4.78 is 12.9. The molecule has 2 N–H and O–H groups in total. The fourth-order valence-corrected chi connectivity index (χ4v) is 5.24. The van der Waals surface area contributed by atoms with Crippen LogP contribution < -0.4 is 5.32 Å². The van der Waals surface area contributed by atoms with Crippen LogP contribution in [0.5, 0.6) is 0 Å². The van der Waals surface area contributed by atoms with Gasteiger partial charge in [-0.2, -0.15) is 0 Å². The van der Waals surface area contributed by atoms with Crippen molar-refractivity contribution in [2.24, 2.45) is 5.16 Å². The van der Waals surface area contributed by atoms with Gasteiger partial charge in [0.15, 0.2) is 0 Å². The molecule has 0 spiro atoms. The zero-order valence-corrected chi connectivity index (χ0v) is 15.3. The van der Waals surface area contributed by atoms with Gasteiger partial charge in [0.1, 0.15) is 0 Å². The van der Waals surface area contributed by atoms with E-state index in [0.29, 0.717) is 25.9 Å². The van der Waals surface area contributed by atoms with Crippen LogP contribution in [0.15, 0.2) is 64.6 Å². The average Bonchev–Trinajstić information content (AvgIpc) is 2.61. The molecule has 0 saturated carbocycles. The van der Waals surface area contributed by atoms with Crippen LogP contribution in [0.1, 0.15) is 5.56 Å². The van der Waals surface area contributed by atoms with E-state index in [2.05, 4.69) is 22.6 Å². The topological polar surface area (TPSA) is 61.7 Å². The number of hydrogen-bond donors (Lipinski definition) is 2. The van der Waals surface area contributed by atoms with Crippen LogP contribution in [0, 0.1) is 5.82 Å². The predicted octanol–water partition coefficient (Wildman–Crippen LogP) is 3.14. The van der Waals surface area contributed by atoms with Gasteiger partial charge >= 0.3 is 150 Å². The molecule has 2 rings (SSSR count). The number of benzene rings is 2. The molecule has 0 aliphatic heterocycles. The second kappa shape index (κ2) is 10.1. The van der Waals surface area contributed by atoms with Crippen LogP contribution >= 0.6 is 10.2 Å². The first-order valence-electron chi connectivity index (χ1n) is 7.27. The SMILES string of the molecule is O=C(NCC[Se]Sc1ccccc1)/C(Cc1ccc(F)cc1)=N/O. The van der Waals surface area contributed by atoms with Gasteiger partial charge in [-0.05, 0) is 0 Å². The van der Waals surface area contributed by atoms with Gasteiger partial charge in [-0.15, -0.1) is 0 Å². The number of oxime groups is 1. The Hall–Kier alpha value is -1.82. The van der Waals surface area contributed by atoms with Gasteiger partial charge < -0.3 is 0 Å². The van der Waals surface area contributed by atoms with Gasteiger partial charge in [0.05, 0.1) is 0 Å². The van der Waals surface area contributed by atoms with Crippen LogP contribution in [0.25, 0.3) is 0 Å². The van der Waals surface area contributed by atoms with Crippen molar-refractivity contribution >= 4 is 35.6 Å². The molecule has 0 aromatic heterocycles.